The van der Waals surface area contributed by atoms with E-state index >= 15 is 0 Å². The Hall–Kier alpha value is -4.97. The van der Waals surface area contributed by atoms with Crippen LogP contribution in [0.4, 0.5) is 5.69 Å². The van der Waals surface area contributed by atoms with Crippen LogP contribution in [0.15, 0.2) is 64.5 Å². The number of nitro benzene ring substituents is 1. The third-order valence-corrected chi connectivity index (χ3v) is 6.03. The average molecular weight is 511 g/mol. The minimum Gasteiger partial charge on any atom is -0.496 e. The highest BCUT2D eigenvalue weighted by atomic mass is 16.6. The normalized spacial score (nSPS) is 11.2. The molecule has 9 nitrogen and oxygen atoms in total. The van der Waals surface area contributed by atoms with E-state index < -0.39 is 4.92 Å². The van der Waals surface area contributed by atoms with Crippen LogP contribution in [0.2, 0.25) is 0 Å². The largest absolute Gasteiger partial charge is 0.496 e. The predicted molar refractivity (Wildman–Crippen MR) is 147 cm³/mol. The van der Waals surface area contributed by atoms with Crippen LogP contribution in [0, 0.1) is 29.4 Å². The van der Waals surface area contributed by atoms with Gasteiger partial charge in [-0.05, 0) is 54.3 Å². The van der Waals surface area contributed by atoms with Gasteiger partial charge in [-0.2, -0.15) is 9.78 Å². The second-order valence-corrected chi connectivity index (χ2v) is 8.82. The molecule has 0 atom stereocenters. The van der Waals surface area contributed by atoms with Gasteiger partial charge in [0.2, 0.25) is 5.75 Å². The summed E-state index contributed by atoms with van der Waals surface area (Å²) in [4.78, 5) is 29.5. The topological polar surface area (TPSA) is 109 Å². The van der Waals surface area contributed by atoms with E-state index in [-0.39, 0.29) is 35.1 Å². The van der Waals surface area contributed by atoms with Gasteiger partial charge in [0.25, 0.3) is 5.56 Å². The van der Waals surface area contributed by atoms with Gasteiger partial charge in [-0.15, -0.1) is 6.42 Å². The number of fused-ring (bicyclic) bond motifs is 1. The monoisotopic (exact) mass is 510 g/mol. The SMILES string of the molecule is C#CCOc1c(C=Nn2c(-c3cc(C(C)C)c(OC)cc3C)nc3ccccc3c2=O)cccc1[N+](=O)[O-]. The fourth-order valence-electron chi connectivity index (χ4n) is 4.15. The molecule has 1 heterocycles. The molecule has 0 radical (unpaired) electrons. The van der Waals surface area contributed by atoms with Crippen molar-refractivity contribution in [1.82, 2.24) is 9.66 Å². The van der Waals surface area contributed by atoms with Gasteiger partial charge in [-0.1, -0.05) is 38.0 Å². The molecule has 0 unspecified atom stereocenters. The van der Waals surface area contributed by atoms with Crippen LogP contribution in [0.1, 0.15) is 36.5 Å². The second-order valence-electron chi connectivity index (χ2n) is 8.82. The highest BCUT2D eigenvalue weighted by Gasteiger charge is 2.20. The van der Waals surface area contributed by atoms with Crippen LogP contribution >= 0.6 is 0 Å². The van der Waals surface area contributed by atoms with Crippen LogP contribution in [0.5, 0.6) is 11.5 Å². The van der Waals surface area contributed by atoms with Crippen molar-refractivity contribution in [2.75, 3.05) is 13.7 Å². The Labute approximate surface area is 219 Å². The molecule has 0 fully saturated rings. The fourth-order valence-corrected chi connectivity index (χ4v) is 4.15. The first-order valence-electron chi connectivity index (χ1n) is 11.9. The minimum absolute atomic E-state index is 0.0368. The Morgan fingerprint density at radius 3 is 2.66 bits per heavy atom. The highest BCUT2D eigenvalue weighted by molar-refractivity contribution is 5.86. The minimum atomic E-state index is -0.563. The Morgan fingerprint density at radius 2 is 1.97 bits per heavy atom. The van der Waals surface area contributed by atoms with Gasteiger partial charge in [0, 0.05) is 17.2 Å². The summed E-state index contributed by atoms with van der Waals surface area (Å²) in [5, 5.41) is 16.4. The van der Waals surface area contributed by atoms with E-state index in [9.17, 15) is 14.9 Å². The number of aromatic nitrogens is 2. The molecule has 0 saturated heterocycles. The summed E-state index contributed by atoms with van der Waals surface area (Å²) < 4.78 is 12.3. The number of methoxy groups -OCH3 is 1. The maximum Gasteiger partial charge on any atom is 0.311 e. The van der Waals surface area contributed by atoms with Crippen LogP contribution in [-0.2, 0) is 0 Å². The Bertz CT molecular complexity index is 1660. The number of terminal acetylenes is 1. The number of hydrogen-bond acceptors (Lipinski definition) is 7. The number of hydrogen-bond donors (Lipinski definition) is 0. The Balaban J connectivity index is 1.99. The van der Waals surface area contributed by atoms with Crippen molar-refractivity contribution in [2.45, 2.75) is 26.7 Å². The van der Waals surface area contributed by atoms with Crippen LogP contribution < -0.4 is 15.0 Å². The summed E-state index contributed by atoms with van der Waals surface area (Å²) in [6.07, 6.45) is 6.64. The lowest BCUT2D eigenvalue weighted by molar-refractivity contribution is -0.385. The van der Waals surface area contributed by atoms with Gasteiger partial charge >= 0.3 is 5.69 Å². The van der Waals surface area contributed by atoms with Crippen LogP contribution in [0.25, 0.3) is 22.3 Å². The highest BCUT2D eigenvalue weighted by Crippen LogP contribution is 2.34. The molecule has 4 rings (SSSR count). The molecule has 1 aromatic heterocycles. The third kappa shape index (κ3) is 4.97. The molecule has 4 aromatic rings. The van der Waals surface area contributed by atoms with E-state index in [1.807, 2.05) is 25.1 Å². The van der Waals surface area contributed by atoms with Crippen molar-refractivity contribution < 1.29 is 14.4 Å². The first kappa shape index (κ1) is 26.1. The molecule has 38 heavy (non-hydrogen) atoms. The number of benzene rings is 3. The molecule has 192 valence electrons. The number of ether oxygens (including phenoxy) is 2. The first-order valence-corrected chi connectivity index (χ1v) is 11.9. The van der Waals surface area contributed by atoms with Crippen molar-refractivity contribution in [3.05, 3.63) is 91.8 Å². The van der Waals surface area contributed by atoms with Crippen LogP contribution in [-0.4, -0.2) is 34.5 Å². The third-order valence-electron chi connectivity index (χ3n) is 6.03. The predicted octanol–water partition coefficient (Wildman–Crippen LogP) is 5.31. The number of rotatable bonds is 8. The summed E-state index contributed by atoms with van der Waals surface area (Å²) in [7, 11) is 1.62. The second kappa shape index (κ2) is 11.0. The van der Waals surface area contributed by atoms with Crippen LogP contribution in [0.3, 0.4) is 0 Å². The molecule has 0 spiro atoms. The van der Waals surface area contributed by atoms with Crippen molar-refractivity contribution in [3.63, 3.8) is 0 Å². The number of nitro groups is 1. The van der Waals surface area contributed by atoms with E-state index in [0.29, 0.717) is 22.3 Å². The quantitative estimate of drug-likeness (QED) is 0.138. The molecule has 0 amide bonds. The lowest BCUT2D eigenvalue weighted by Gasteiger charge is -2.17. The fraction of sp³-hybridized carbons (Fsp3) is 0.207. The number of para-hydroxylation sites is 2. The van der Waals surface area contributed by atoms with Crippen molar-refractivity contribution in [2.24, 2.45) is 5.10 Å². The zero-order valence-corrected chi connectivity index (χ0v) is 21.5. The van der Waals surface area contributed by atoms with Gasteiger partial charge in [0.05, 0.1) is 29.2 Å². The summed E-state index contributed by atoms with van der Waals surface area (Å²) in [5.74, 6) is 3.48. The molecular formula is C29H26N4O5. The maximum absolute atomic E-state index is 13.6. The molecule has 0 aliphatic carbocycles. The molecule has 0 aliphatic rings. The van der Waals surface area contributed by atoms with Crippen molar-refractivity contribution in [3.8, 4) is 35.2 Å². The number of aryl methyl sites for hydroxylation is 1. The lowest BCUT2D eigenvalue weighted by Crippen LogP contribution is -2.21. The zero-order valence-electron chi connectivity index (χ0n) is 21.5. The van der Waals surface area contributed by atoms with Gasteiger partial charge < -0.3 is 9.47 Å². The molecule has 3 aromatic carbocycles. The molecule has 0 bridgehead atoms. The van der Waals surface area contributed by atoms with E-state index in [0.717, 1.165) is 16.9 Å². The summed E-state index contributed by atoms with van der Waals surface area (Å²) in [5.41, 5.74) is 2.65. The number of nitrogens with zero attached hydrogens (tertiary/aromatic N) is 4. The molecule has 9 heteroatoms. The molecule has 0 aliphatic heterocycles. The molecular weight excluding hydrogens is 484 g/mol. The lowest BCUT2D eigenvalue weighted by atomic mass is 9.96. The van der Waals surface area contributed by atoms with E-state index in [1.165, 1.54) is 23.0 Å². The summed E-state index contributed by atoms with van der Waals surface area (Å²) in [6.45, 7) is 5.84. The first-order chi connectivity index (χ1) is 18.3. The van der Waals surface area contributed by atoms with E-state index in [1.54, 1.807) is 31.4 Å². The van der Waals surface area contributed by atoms with Crippen molar-refractivity contribution in [1.29, 1.82) is 0 Å². The molecule has 0 N–H and O–H groups in total. The standard InChI is InChI=1S/C29H26N4O5/c1-6-14-38-27-20(10-9-13-25(27)33(35)36)17-30-32-28(31-24-12-8-7-11-21(24)29(32)34)23-16-22(18(2)3)26(37-5)15-19(23)4/h1,7-13,15-18H,14H2,2-5H3. The van der Waals surface area contributed by atoms with Crippen molar-refractivity contribution >= 4 is 22.8 Å². The summed E-state index contributed by atoms with van der Waals surface area (Å²) in [6, 6.07) is 15.3. The zero-order chi connectivity index (χ0) is 27.4. The smallest absolute Gasteiger partial charge is 0.311 e. The van der Waals surface area contributed by atoms with Gasteiger partial charge in [0.1, 0.15) is 12.4 Å². The average Bonchev–Trinajstić information content (AvgIpc) is 2.91. The molecule has 0 saturated carbocycles. The summed E-state index contributed by atoms with van der Waals surface area (Å²) >= 11 is 0. The maximum atomic E-state index is 13.6. The van der Waals surface area contributed by atoms with Gasteiger partial charge in [-0.25, -0.2) is 4.98 Å². The van der Waals surface area contributed by atoms with E-state index in [2.05, 4.69) is 24.9 Å². The Morgan fingerprint density at radius 1 is 1.21 bits per heavy atom. The van der Waals surface area contributed by atoms with Gasteiger partial charge in [0.15, 0.2) is 5.82 Å². The van der Waals surface area contributed by atoms with E-state index in [4.69, 9.17) is 20.9 Å². The van der Waals surface area contributed by atoms with Gasteiger partial charge in [-0.3, -0.25) is 14.9 Å². The Kier molecular flexibility index (Phi) is 7.53.